The first kappa shape index (κ1) is 15.3. The van der Waals surface area contributed by atoms with Crippen molar-refractivity contribution in [3.63, 3.8) is 0 Å². The molecule has 2 aromatic carbocycles. The van der Waals surface area contributed by atoms with Gasteiger partial charge in [0.15, 0.2) is 0 Å². The van der Waals surface area contributed by atoms with Crippen molar-refractivity contribution in [3.8, 4) is 17.2 Å². The van der Waals surface area contributed by atoms with Crippen molar-refractivity contribution in [2.45, 2.75) is 0 Å². The SMILES string of the molecule is O=c1cnn(-c2ccc(Oc3ccc(Cl)cc3)c(Cl)c2)c(=O)[nH]1. The largest absolute Gasteiger partial charge is 0.456 e. The van der Waals surface area contributed by atoms with Crippen LogP contribution in [0.15, 0.2) is 58.3 Å². The van der Waals surface area contributed by atoms with Crippen LogP contribution in [-0.4, -0.2) is 14.8 Å². The second-order valence-corrected chi connectivity index (χ2v) is 5.37. The van der Waals surface area contributed by atoms with E-state index in [1.54, 1.807) is 36.4 Å². The third kappa shape index (κ3) is 3.44. The predicted octanol–water partition coefficient (Wildman–Crippen LogP) is 3.02. The molecule has 0 radical (unpaired) electrons. The third-order valence-electron chi connectivity index (χ3n) is 2.91. The molecule has 1 N–H and O–H groups in total. The summed E-state index contributed by atoms with van der Waals surface area (Å²) in [6.45, 7) is 0. The first-order chi connectivity index (χ1) is 11.0. The lowest BCUT2D eigenvalue weighted by molar-refractivity contribution is 0.482. The molecule has 1 aromatic heterocycles. The highest BCUT2D eigenvalue weighted by molar-refractivity contribution is 6.32. The van der Waals surface area contributed by atoms with E-state index in [0.29, 0.717) is 22.2 Å². The minimum absolute atomic E-state index is 0.289. The number of halogens is 2. The molecule has 0 bridgehead atoms. The summed E-state index contributed by atoms with van der Waals surface area (Å²) >= 11 is 12.0. The van der Waals surface area contributed by atoms with Crippen LogP contribution >= 0.6 is 23.2 Å². The van der Waals surface area contributed by atoms with Crippen LogP contribution in [0.3, 0.4) is 0 Å². The van der Waals surface area contributed by atoms with E-state index in [4.69, 9.17) is 27.9 Å². The fraction of sp³-hybridized carbons (Fsp3) is 0. The Balaban J connectivity index is 1.93. The zero-order chi connectivity index (χ0) is 16.4. The van der Waals surface area contributed by atoms with Crippen LogP contribution in [-0.2, 0) is 0 Å². The normalized spacial score (nSPS) is 10.5. The fourth-order valence-electron chi connectivity index (χ4n) is 1.87. The van der Waals surface area contributed by atoms with E-state index in [9.17, 15) is 9.59 Å². The van der Waals surface area contributed by atoms with Gasteiger partial charge < -0.3 is 4.74 Å². The van der Waals surface area contributed by atoms with Gasteiger partial charge in [-0.1, -0.05) is 23.2 Å². The van der Waals surface area contributed by atoms with Gasteiger partial charge in [-0.3, -0.25) is 9.78 Å². The maximum Gasteiger partial charge on any atom is 0.349 e. The number of ether oxygens (including phenoxy) is 1. The van der Waals surface area contributed by atoms with Gasteiger partial charge in [0.25, 0.3) is 5.56 Å². The first-order valence-corrected chi connectivity index (χ1v) is 7.20. The van der Waals surface area contributed by atoms with Crippen LogP contribution in [0.25, 0.3) is 5.69 Å². The number of nitrogens with zero attached hydrogens (tertiary/aromatic N) is 2. The number of hydrogen-bond acceptors (Lipinski definition) is 4. The molecule has 0 aliphatic rings. The minimum atomic E-state index is -0.653. The number of rotatable bonds is 3. The van der Waals surface area contributed by atoms with Crippen LogP contribution in [0, 0.1) is 0 Å². The molecular formula is C15H9Cl2N3O3. The summed E-state index contributed by atoms with van der Waals surface area (Å²) < 4.78 is 6.68. The van der Waals surface area contributed by atoms with Crippen LogP contribution < -0.4 is 16.0 Å². The molecule has 0 saturated heterocycles. The Hall–Kier alpha value is -2.57. The second-order valence-electron chi connectivity index (χ2n) is 4.52. The molecule has 3 rings (SSSR count). The average Bonchev–Trinajstić information content (AvgIpc) is 2.51. The van der Waals surface area contributed by atoms with Crippen molar-refractivity contribution in [2.24, 2.45) is 0 Å². The van der Waals surface area contributed by atoms with Gasteiger partial charge in [0.2, 0.25) is 0 Å². The molecule has 8 heteroatoms. The number of hydrogen-bond donors (Lipinski definition) is 1. The second kappa shape index (κ2) is 6.28. The van der Waals surface area contributed by atoms with E-state index in [1.807, 2.05) is 0 Å². The van der Waals surface area contributed by atoms with E-state index < -0.39 is 11.2 Å². The van der Waals surface area contributed by atoms with Gasteiger partial charge in [-0.15, -0.1) is 0 Å². The molecule has 3 aromatic rings. The van der Waals surface area contributed by atoms with Gasteiger partial charge in [-0.05, 0) is 42.5 Å². The lowest BCUT2D eigenvalue weighted by Gasteiger charge is -2.09. The molecule has 1 heterocycles. The Kier molecular flexibility index (Phi) is 4.18. The number of H-pyrrole nitrogens is 1. The lowest BCUT2D eigenvalue weighted by atomic mass is 10.3. The standard InChI is InChI=1S/C15H9Cl2N3O3/c16-9-1-4-11(5-2-9)23-13-6-3-10(7-12(13)17)20-15(22)19-14(21)8-18-20/h1-8H,(H,19,21,22). The van der Waals surface area contributed by atoms with Crippen molar-refractivity contribution in [3.05, 3.63) is 79.5 Å². The van der Waals surface area contributed by atoms with Crippen molar-refractivity contribution in [1.29, 1.82) is 0 Å². The summed E-state index contributed by atoms with van der Waals surface area (Å²) in [4.78, 5) is 24.9. The molecule has 0 aliphatic heterocycles. The van der Waals surface area contributed by atoms with Crippen molar-refractivity contribution < 1.29 is 4.74 Å². The fourth-order valence-corrected chi connectivity index (χ4v) is 2.21. The van der Waals surface area contributed by atoms with Gasteiger partial charge in [0, 0.05) is 5.02 Å². The first-order valence-electron chi connectivity index (χ1n) is 6.45. The lowest BCUT2D eigenvalue weighted by Crippen LogP contribution is -2.30. The molecule has 116 valence electrons. The Bertz CT molecular complexity index is 965. The van der Waals surface area contributed by atoms with E-state index in [-0.39, 0.29) is 5.02 Å². The molecule has 0 fully saturated rings. The van der Waals surface area contributed by atoms with Crippen LogP contribution in [0.2, 0.25) is 10.0 Å². The molecule has 0 spiro atoms. The van der Waals surface area contributed by atoms with Gasteiger partial charge in [-0.25, -0.2) is 4.79 Å². The topological polar surface area (TPSA) is 77.0 Å². The summed E-state index contributed by atoms with van der Waals surface area (Å²) in [5, 5.41) is 4.65. The molecule has 23 heavy (non-hydrogen) atoms. The molecule has 0 unspecified atom stereocenters. The summed E-state index contributed by atoms with van der Waals surface area (Å²) in [5.41, 5.74) is -0.820. The zero-order valence-electron chi connectivity index (χ0n) is 11.5. The van der Waals surface area contributed by atoms with Crippen LogP contribution in [0.5, 0.6) is 11.5 Å². The highest BCUT2D eigenvalue weighted by Crippen LogP contribution is 2.31. The van der Waals surface area contributed by atoms with Crippen LogP contribution in [0.1, 0.15) is 0 Å². The number of nitrogens with one attached hydrogen (secondary N) is 1. The highest BCUT2D eigenvalue weighted by atomic mass is 35.5. The summed E-state index contributed by atoms with van der Waals surface area (Å²) in [6.07, 6.45) is 1.01. The van der Waals surface area contributed by atoms with Crippen molar-refractivity contribution in [2.75, 3.05) is 0 Å². The van der Waals surface area contributed by atoms with Crippen molar-refractivity contribution >= 4 is 23.2 Å². The Morgan fingerprint density at radius 2 is 1.78 bits per heavy atom. The van der Waals surface area contributed by atoms with Crippen molar-refractivity contribution in [1.82, 2.24) is 14.8 Å². The Morgan fingerprint density at radius 1 is 1.04 bits per heavy atom. The summed E-state index contributed by atoms with van der Waals surface area (Å²) in [7, 11) is 0. The number of aromatic nitrogens is 3. The maximum absolute atomic E-state index is 11.7. The molecule has 0 saturated carbocycles. The molecular weight excluding hydrogens is 341 g/mol. The van der Waals surface area contributed by atoms with Gasteiger partial charge >= 0.3 is 5.69 Å². The maximum atomic E-state index is 11.7. The summed E-state index contributed by atoms with van der Waals surface area (Å²) in [6, 6.07) is 11.5. The zero-order valence-corrected chi connectivity index (χ0v) is 13.0. The smallest absolute Gasteiger partial charge is 0.349 e. The van der Waals surface area contributed by atoms with Gasteiger partial charge in [0.1, 0.15) is 17.7 Å². The third-order valence-corrected chi connectivity index (χ3v) is 3.46. The summed E-state index contributed by atoms with van der Waals surface area (Å²) in [5.74, 6) is 0.985. The average molecular weight is 350 g/mol. The number of aromatic amines is 1. The van der Waals surface area contributed by atoms with Crippen LogP contribution in [0.4, 0.5) is 0 Å². The molecule has 6 nitrogen and oxygen atoms in total. The van der Waals surface area contributed by atoms with Gasteiger partial charge in [0.05, 0.1) is 10.7 Å². The monoisotopic (exact) mass is 349 g/mol. The van der Waals surface area contributed by atoms with E-state index >= 15 is 0 Å². The van der Waals surface area contributed by atoms with E-state index in [1.165, 1.54) is 6.07 Å². The highest BCUT2D eigenvalue weighted by Gasteiger charge is 2.08. The molecule has 0 amide bonds. The molecule has 0 atom stereocenters. The molecule has 0 aliphatic carbocycles. The quantitative estimate of drug-likeness (QED) is 0.788. The Labute approximate surface area is 139 Å². The predicted molar refractivity (Wildman–Crippen MR) is 87.0 cm³/mol. The van der Waals surface area contributed by atoms with Gasteiger partial charge in [-0.2, -0.15) is 9.78 Å². The Morgan fingerprint density at radius 3 is 2.43 bits per heavy atom. The number of benzene rings is 2. The van der Waals surface area contributed by atoms with E-state index in [2.05, 4.69) is 10.1 Å². The minimum Gasteiger partial charge on any atom is -0.456 e. The van der Waals surface area contributed by atoms with E-state index in [0.717, 1.165) is 10.9 Å².